The molecule has 0 aromatic carbocycles. The number of hydrogen-bond donors (Lipinski definition) is 0. The van der Waals surface area contributed by atoms with E-state index < -0.39 is 0 Å². The average Bonchev–Trinajstić information content (AvgIpc) is 2.29. The van der Waals surface area contributed by atoms with Crippen molar-refractivity contribution < 1.29 is 9.53 Å². The van der Waals surface area contributed by atoms with E-state index in [1.54, 1.807) is 0 Å². The summed E-state index contributed by atoms with van der Waals surface area (Å²) in [4.78, 5) is 11.6. The van der Waals surface area contributed by atoms with Crippen molar-refractivity contribution in [3.63, 3.8) is 0 Å². The van der Waals surface area contributed by atoms with Crippen LogP contribution in [0.4, 0.5) is 0 Å². The molecule has 0 aromatic rings. The minimum absolute atomic E-state index is 0.155. The average molecular weight is 168 g/mol. The lowest BCUT2D eigenvalue weighted by atomic mass is 9.67. The molecule has 68 valence electrons. The molecule has 3 atom stereocenters. The van der Waals surface area contributed by atoms with Crippen molar-refractivity contribution in [3.05, 3.63) is 0 Å². The number of rotatable bonds is 0. The number of hydrogen-bond acceptors (Lipinski definition) is 2. The fraction of sp³-hybridized carbons (Fsp3) is 0.900. The van der Waals surface area contributed by atoms with Crippen LogP contribution in [0.25, 0.3) is 0 Å². The van der Waals surface area contributed by atoms with Crippen LogP contribution in [0.2, 0.25) is 0 Å². The summed E-state index contributed by atoms with van der Waals surface area (Å²) in [6.07, 6.45) is 3.15. The maximum atomic E-state index is 11.6. The Kier molecular flexibility index (Phi) is 1.76. The molecule has 0 radical (unpaired) electrons. The highest BCUT2D eigenvalue weighted by Crippen LogP contribution is 2.46. The van der Waals surface area contributed by atoms with E-state index >= 15 is 0 Å². The Hall–Kier alpha value is -0.370. The summed E-state index contributed by atoms with van der Waals surface area (Å²) in [5.74, 6) is 0.611. The third kappa shape index (κ3) is 1.01. The Bertz CT molecular complexity index is 208. The molecule has 0 bridgehead atoms. The zero-order chi connectivity index (χ0) is 8.77. The summed E-state index contributed by atoms with van der Waals surface area (Å²) in [6, 6.07) is 0. The van der Waals surface area contributed by atoms with Crippen LogP contribution >= 0.6 is 0 Å². The highest BCUT2D eigenvalue weighted by molar-refractivity contribution is 5.83. The Morgan fingerprint density at radius 2 is 2.33 bits per heavy atom. The van der Waals surface area contributed by atoms with Crippen LogP contribution in [0, 0.1) is 11.3 Å². The van der Waals surface area contributed by atoms with Crippen molar-refractivity contribution in [1.29, 1.82) is 0 Å². The number of carbonyl (C=O) groups excluding carboxylic acids is 1. The van der Waals surface area contributed by atoms with E-state index in [1.807, 2.05) is 6.92 Å². The van der Waals surface area contributed by atoms with Crippen molar-refractivity contribution in [3.8, 4) is 0 Å². The lowest BCUT2D eigenvalue weighted by Gasteiger charge is -2.34. The van der Waals surface area contributed by atoms with E-state index in [4.69, 9.17) is 4.74 Å². The van der Waals surface area contributed by atoms with Crippen molar-refractivity contribution in [2.45, 2.75) is 39.2 Å². The largest absolute Gasteiger partial charge is 0.377 e. The lowest BCUT2D eigenvalue weighted by molar-refractivity contribution is -0.129. The molecule has 2 aliphatic rings. The molecule has 1 aliphatic carbocycles. The Morgan fingerprint density at radius 3 is 3.00 bits per heavy atom. The zero-order valence-corrected chi connectivity index (χ0v) is 7.80. The minimum atomic E-state index is 0.155. The molecule has 1 saturated carbocycles. The van der Waals surface area contributed by atoms with Gasteiger partial charge in [0.05, 0.1) is 18.6 Å². The van der Waals surface area contributed by atoms with Crippen molar-refractivity contribution in [1.82, 2.24) is 0 Å². The first-order valence-electron chi connectivity index (χ1n) is 4.78. The predicted octanol–water partition coefficient (Wildman–Crippen LogP) is 1.78. The van der Waals surface area contributed by atoms with Crippen LogP contribution in [0.15, 0.2) is 0 Å². The summed E-state index contributed by atoms with van der Waals surface area (Å²) in [5.41, 5.74) is 0.161. The van der Waals surface area contributed by atoms with Gasteiger partial charge < -0.3 is 4.74 Å². The normalized spacial score (nSPS) is 47.7. The van der Waals surface area contributed by atoms with Gasteiger partial charge in [-0.1, -0.05) is 6.92 Å². The van der Waals surface area contributed by atoms with Gasteiger partial charge in [-0.05, 0) is 19.8 Å². The van der Waals surface area contributed by atoms with Gasteiger partial charge in [-0.25, -0.2) is 0 Å². The van der Waals surface area contributed by atoms with Crippen molar-refractivity contribution in [2.75, 3.05) is 6.61 Å². The first kappa shape index (κ1) is 8.24. The van der Waals surface area contributed by atoms with Gasteiger partial charge in [-0.3, -0.25) is 4.79 Å². The lowest BCUT2D eigenvalue weighted by Crippen LogP contribution is -2.38. The van der Waals surface area contributed by atoms with Crippen LogP contribution in [0.5, 0.6) is 0 Å². The number of Topliss-reactive ketones (excluding diaryl/α,β-unsaturated/α-hetero) is 1. The van der Waals surface area contributed by atoms with Crippen LogP contribution in [-0.4, -0.2) is 18.5 Å². The molecule has 1 aliphatic heterocycles. The molecule has 2 heteroatoms. The van der Waals surface area contributed by atoms with Gasteiger partial charge in [0.1, 0.15) is 5.78 Å². The summed E-state index contributed by atoms with van der Waals surface area (Å²) >= 11 is 0. The van der Waals surface area contributed by atoms with Gasteiger partial charge in [0.15, 0.2) is 0 Å². The van der Waals surface area contributed by atoms with Gasteiger partial charge in [0, 0.05) is 11.8 Å². The van der Waals surface area contributed by atoms with Gasteiger partial charge in [-0.15, -0.1) is 0 Å². The molecule has 0 N–H and O–H groups in total. The monoisotopic (exact) mass is 168 g/mol. The second-order valence-corrected chi connectivity index (χ2v) is 4.47. The Morgan fingerprint density at radius 1 is 1.58 bits per heavy atom. The highest BCUT2D eigenvalue weighted by Gasteiger charge is 2.49. The van der Waals surface area contributed by atoms with E-state index in [0.717, 1.165) is 25.9 Å². The molecule has 2 rings (SSSR count). The quantitative estimate of drug-likeness (QED) is 0.551. The fourth-order valence-electron chi connectivity index (χ4n) is 2.77. The van der Waals surface area contributed by atoms with Crippen LogP contribution < -0.4 is 0 Å². The molecule has 2 fully saturated rings. The van der Waals surface area contributed by atoms with Crippen LogP contribution in [0.1, 0.15) is 33.1 Å². The topological polar surface area (TPSA) is 26.3 Å². The van der Waals surface area contributed by atoms with Gasteiger partial charge in [-0.2, -0.15) is 0 Å². The first-order valence-corrected chi connectivity index (χ1v) is 4.78. The van der Waals surface area contributed by atoms with Crippen molar-refractivity contribution >= 4 is 5.78 Å². The molecule has 1 saturated heterocycles. The fourth-order valence-corrected chi connectivity index (χ4v) is 2.77. The summed E-state index contributed by atoms with van der Waals surface area (Å²) in [5, 5.41) is 0. The first-order chi connectivity index (χ1) is 5.63. The molecular formula is C10H16O2. The smallest absolute Gasteiger partial charge is 0.139 e. The molecule has 2 nitrogen and oxygen atoms in total. The van der Waals surface area contributed by atoms with E-state index in [0.29, 0.717) is 5.78 Å². The maximum Gasteiger partial charge on any atom is 0.139 e. The predicted molar refractivity (Wildman–Crippen MR) is 45.9 cm³/mol. The number of ether oxygens (including phenoxy) is 1. The standard InChI is InChI=1S/C10H16O2/c1-7-9-8(11)4-3-5-10(9,2)6-12-7/h7,9H,3-6H2,1-2H3/t7-,9+,10+/m0/s1. The molecule has 1 heterocycles. The second-order valence-electron chi connectivity index (χ2n) is 4.47. The van der Waals surface area contributed by atoms with E-state index in [2.05, 4.69) is 6.92 Å². The Labute approximate surface area is 73.3 Å². The molecule has 0 amide bonds. The third-order valence-corrected chi connectivity index (χ3v) is 3.41. The van der Waals surface area contributed by atoms with Crippen LogP contribution in [-0.2, 0) is 9.53 Å². The maximum absolute atomic E-state index is 11.6. The number of fused-ring (bicyclic) bond motifs is 1. The van der Waals surface area contributed by atoms with E-state index in [1.165, 1.54) is 0 Å². The molecule has 12 heavy (non-hydrogen) atoms. The highest BCUT2D eigenvalue weighted by atomic mass is 16.5. The second kappa shape index (κ2) is 2.56. The SMILES string of the molecule is C[C@@H]1OC[C@@]2(C)CCCC(=O)[C@@H]12. The van der Waals surface area contributed by atoms with Crippen molar-refractivity contribution in [2.24, 2.45) is 11.3 Å². The van der Waals surface area contributed by atoms with Gasteiger partial charge >= 0.3 is 0 Å². The molecule has 0 spiro atoms. The van der Waals surface area contributed by atoms with Gasteiger partial charge in [0.2, 0.25) is 0 Å². The molecule has 0 unspecified atom stereocenters. The zero-order valence-electron chi connectivity index (χ0n) is 7.80. The molecule has 0 aromatic heterocycles. The van der Waals surface area contributed by atoms with E-state index in [9.17, 15) is 4.79 Å². The van der Waals surface area contributed by atoms with Gasteiger partial charge in [0.25, 0.3) is 0 Å². The molecular weight excluding hydrogens is 152 g/mol. The third-order valence-electron chi connectivity index (χ3n) is 3.41. The summed E-state index contributed by atoms with van der Waals surface area (Å²) in [7, 11) is 0. The van der Waals surface area contributed by atoms with Crippen LogP contribution in [0.3, 0.4) is 0 Å². The number of carbonyl (C=O) groups is 1. The number of ketones is 1. The Balaban J connectivity index is 2.26. The van der Waals surface area contributed by atoms with E-state index in [-0.39, 0.29) is 17.4 Å². The minimum Gasteiger partial charge on any atom is -0.377 e. The summed E-state index contributed by atoms with van der Waals surface area (Å²) < 4.78 is 5.55. The summed E-state index contributed by atoms with van der Waals surface area (Å²) in [6.45, 7) is 5.00.